The van der Waals surface area contributed by atoms with E-state index in [1.165, 1.54) is 11.1 Å². The number of aliphatic hydroxyl groups excluding tert-OH is 1. The highest BCUT2D eigenvalue weighted by molar-refractivity contribution is 5.53. The molecule has 1 aliphatic rings. The van der Waals surface area contributed by atoms with Gasteiger partial charge in [-0.15, -0.1) is 0 Å². The molecule has 1 atom stereocenters. The largest absolute Gasteiger partial charge is 0.395 e. The van der Waals surface area contributed by atoms with E-state index in [1.54, 1.807) is 0 Å². The predicted molar refractivity (Wildman–Crippen MR) is 74.0 cm³/mol. The molecule has 0 saturated carbocycles. The topological polar surface area (TPSA) is 44.3 Å². The average molecular weight is 254 g/mol. The van der Waals surface area contributed by atoms with Gasteiger partial charge in [-0.25, -0.2) is 0 Å². The van der Waals surface area contributed by atoms with Crippen LogP contribution in [-0.4, -0.2) is 39.0 Å². The molecule has 4 heteroatoms. The molecule has 3 N–H and O–H groups in total. The van der Waals surface area contributed by atoms with E-state index >= 15 is 0 Å². The van der Waals surface area contributed by atoms with Crippen LogP contribution >= 0.6 is 0 Å². The van der Waals surface area contributed by atoms with Gasteiger partial charge >= 0.3 is 0 Å². The third-order valence-electron chi connectivity index (χ3n) is 3.65. The highest BCUT2D eigenvalue weighted by atomic mass is 19.1. The van der Waals surface area contributed by atoms with Crippen molar-refractivity contribution in [1.82, 2.24) is 5.32 Å². The van der Waals surface area contributed by atoms with E-state index in [4.69, 9.17) is 0 Å². The maximum absolute atomic E-state index is 9.63. The number of halogens is 1. The van der Waals surface area contributed by atoms with Crippen molar-refractivity contribution < 1.29 is 9.50 Å². The van der Waals surface area contributed by atoms with Gasteiger partial charge in [0.15, 0.2) is 0 Å². The van der Waals surface area contributed by atoms with E-state index in [9.17, 15) is 9.50 Å². The Morgan fingerprint density at radius 1 is 1.44 bits per heavy atom. The maximum atomic E-state index is 9.63. The lowest BCUT2D eigenvalue weighted by Gasteiger charge is -2.27. The van der Waals surface area contributed by atoms with Crippen LogP contribution in [0.1, 0.15) is 17.5 Å². The molecule has 102 valence electrons. The summed E-state index contributed by atoms with van der Waals surface area (Å²) in [5.41, 5.74) is 3.57. The SMILES string of the molecule is CF.CNc1ccc(C2(CO)CCNC2)cc1C. The molecule has 0 amide bonds. The number of alkyl halides is 1. The second-order valence-electron chi connectivity index (χ2n) is 4.64. The zero-order valence-electron chi connectivity index (χ0n) is 11.4. The number of benzene rings is 1. The monoisotopic (exact) mass is 254 g/mol. The van der Waals surface area contributed by atoms with E-state index < -0.39 is 0 Å². The summed E-state index contributed by atoms with van der Waals surface area (Å²) in [6.07, 6.45) is 1.02. The summed E-state index contributed by atoms with van der Waals surface area (Å²) in [6.45, 7) is 4.19. The van der Waals surface area contributed by atoms with Gasteiger partial charge in [0.25, 0.3) is 0 Å². The molecule has 1 saturated heterocycles. The van der Waals surface area contributed by atoms with E-state index in [1.807, 2.05) is 7.05 Å². The molecule has 1 aliphatic heterocycles. The minimum Gasteiger partial charge on any atom is -0.395 e. The average Bonchev–Trinajstić information content (AvgIpc) is 2.91. The van der Waals surface area contributed by atoms with Crippen LogP contribution in [0.15, 0.2) is 18.2 Å². The molecule has 3 nitrogen and oxygen atoms in total. The molecule has 0 aromatic heterocycles. The first-order valence-corrected chi connectivity index (χ1v) is 6.20. The summed E-state index contributed by atoms with van der Waals surface area (Å²) in [6, 6.07) is 6.41. The fourth-order valence-electron chi connectivity index (χ4n) is 2.49. The normalized spacial score (nSPS) is 22.3. The maximum Gasteiger partial charge on any atom is 0.0785 e. The highest BCUT2D eigenvalue weighted by Crippen LogP contribution is 2.32. The van der Waals surface area contributed by atoms with E-state index in [0.29, 0.717) is 7.18 Å². The van der Waals surface area contributed by atoms with Crippen molar-refractivity contribution in [1.29, 1.82) is 0 Å². The predicted octanol–water partition coefficient (Wildman–Crippen LogP) is 1.85. The quantitative estimate of drug-likeness (QED) is 0.771. The first-order valence-electron chi connectivity index (χ1n) is 6.20. The summed E-state index contributed by atoms with van der Waals surface area (Å²) in [4.78, 5) is 0. The number of aryl methyl sites for hydroxylation is 1. The van der Waals surface area contributed by atoms with Crippen LogP contribution in [0.2, 0.25) is 0 Å². The standard InChI is InChI=1S/C13H20N2O.CH3F/c1-10-7-11(3-4-12(10)14-2)13(9-16)5-6-15-8-13;1-2/h3-4,7,14-16H,5-6,8-9H2,1-2H3;1H3. The minimum absolute atomic E-state index is 0.0724. The van der Waals surface area contributed by atoms with Crippen molar-refractivity contribution in [2.45, 2.75) is 18.8 Å². The Morgan fingerprint density at radius 3 is 2.61 bits per heavy atom. The Balaban J connectivity index is 0.000000771. The summed E-state index contributed by atoms with van der Waals surface area (Å²) >= 11 is 0. The van der Waals surface area contributed by atoms with Crippen LogP contribution in [0.25, 0.3) is 0 Å². The Morgan fingerprint density at radius 2 is 2.17 bits per heavy atom. The number of rotatable bonds is 3. The summed E-state index contributed by atoms with van der Waals surface area (Å²) in [7, 11) is 2.43. The van der Waals surface area contributed by atoms with Crippen molar-refractivity contribution in [2.24, 2.45) is 0 Å². The molecule has 0 aliphatic carbocycles. The Kier molecular flexibility index (Phi) is 5.56. The van der Waals surface area contributed by atoms with Crippen LogP contribution in [-0.2, 0) is 5.41 Å². The fraction of sp³-hybridized carbons (Fsp3) is 0.571. The number of hydrogen-bond donors (Lipinski definition) is 3. The Hall–Kier alpha value is -1.13. The van der Waals surface area contributed by atoms with Crippen LogP contribution < -0.4 is 10.6 Å². The van der Waals surface area contributed by atoms with Crippen LogP contribution in [0.3, 0.4) is 0 Å². The zero-order valence-corrected chi connectivity index (χ0v) is 11.4. The van der Waals surface area contributed by atoms with Gasteiger partial charge in [0.05, 0.1) is 13.8 Å². The lowest BCUT2D eigenvalue weighted by Crippen LogP contribution is -2.33. The van der Waals surface area contributed by atoms with Gasteiger partial charge in [0, 0.05) is 24.7 Å². The van der Waals surface area contributed by atoms with E-state index in [2.05, 4.69) is 35.8 Å². The van der Waals surface area contributed by atoms with E-state index in [0.717, 1.165) is 25.2 Å². The molecule has 1 unspecified atom stereocenters. The second-order valence-corrected chi connectivity index (χ2v) is 4.64. The van der Waals surface area contributed by atoms with Crippen molar-refractivity contribution >= 4 is 5.69 Å². The minimum atomic E-state index is -0.0724. The Bertz CT molecular complexity index is 376. The molecule has 18 heavy (non-hydrogen) atoms. The molecule has 2 rings (SSSR count). The smallest absolute Gasteiger partial charge is 0.0785 e. The fourth-order valence-corrected chi connectivity index (χ4v) is 2.49. The highest BCUT2D eigenvalue weighted by Gasteiger charge is 2.35. The van der Waals surface area contributed by atoms with Crippen LogP contribution in [0, 0.1) is 6.92 Å². The van der Waals surface area contributed by atoms with Crippen molar-refractivity contribution in [2.75, 3.05) is 39.2 Å². The van der Waals surface area contributed by atoms with Gasteiger partial charge in [-0.2, -0.15) is 0 Å². The van der Waals surface area contributed by atoms with Gasteiger partial charge in [-0.3, -0.25) is 4.39 Å². The van der Waals surface area contributed by atoms with Gasteiger partial charge < -0.3 is 15.7 Å². The molecule has 1 heterocycles. The summed E-state index contributed by atoms with van der Waals surface area (Å²) in [5, 5.41) is 16.1. The number of nitrogens with one attached hydrogen (secondary N) is 2. The molecular formula is C14H23FN2O. The zero-order chi connectivity index (χ0) is 13.6. The van der Waals surface area contributed by atoms with Crippen molar-refractivity contribution in [3.63, 3.8) is 0 Å². The van der Waals surface area contributed by atoms with Crippen LogP contribution in [0.5, 0.6) is 0 Å². The third-order valence-corrected chi connectivity index (χ3v) is 3.65. The number of aliphatic hydroxyl groups is 1. The second kappa shape index (κ2) is 6.71. The number of hydrogen-bond acceptors (Lipinski definition) is 3. The molecule has 0 radical (unpaired) electrons. The number of anilines is 1. The van der Waals surface area contributed by atoms with Gasteiger partial charge in [-0.05, 0) is 37.1 Å². The van der Waals surface area contributed by atoms with E-state index in [-0.39, 0.29) is 12.0 Å². The summed E-state index contributed by atoms with van der Waals surface area (Å²) in [5.74, 6) is 0. The molecule has 0 bridgehead atoms. The van der Waals surface area contributed by atoms with Crippen molar-refractivity contribution in [3.05, 3.63) is 29.3 Å². The van der Waals surface area contributed by atoms with Crippen molar-refractivity contribution in [3.8, 4) is 0 Å². The molecule has 1 fully saturated rings. The lowest BCUT2D eigenvalue weighted by molar-refractivity contribution is 0.205. The van der Waals surface area contributed by atoms with Gasteiger partial charge in [-0.1, -0.05) is 12.1 Å². The lowest BCUT2D eigenvalue weighted by atomic mass is 9.80. The Labute approximate surface area is 108 Å². The molecule has 1 aromatic carbocycles. The first kappa shape index (κ1) is 14.9. The first-order chi connectivity index (χ1) is 8.72. The molecular weight excluding hydrogens is 231 g/mol. The van der Waals surface area contributed by atoms with Gasteiger partial charge in [0.2, 0.25) is 0 Å². The molecule has 0 spiro atoms. The van der Waals surface area contributed by atoms with Crippen LogP contribution in [0.4, 0.5) is 10.1 Å². The molecule has 1 aromatic rings. The third kappa shape index (κ3) is 2.82. The van der Waals surface area contributed by atoms with Gasteiger partial charge in [0.1, 0.15) is 0 Å². The summed E-state index contributed by atoms with van der Waals surface area (Å²) < 4.78 is 9.50.